The van der Waals surface area contributed by atoms with E-state index in [4.69, 9.17) is 9.47 Å². The number of allylic oxidation sites excluding steroid dienone is 2. The Morgan fingerprint density at radius 2 is 0.960 bits per heavy atom. The normalized spacial score (nSPS) is 14.0. The molecule has 0 aromatic heterocycles. The van der Waals surface area contributed by atoms with E-state index in [2.05, 4.69) is 170 Å². The molecule has 1 heterocycles. The number of benzene rings is 7. The lowest BCUT2D eigenvalue weighted by molar-refractivity contribution is 0.359. The Bertz CT molecular complexity index is 2470. The molecular formula is C47H33NO2. The minimum atomic E-state index is -0.439. The van der Waals surface area contributed by atoms with Gasteiger partial charge in [-0.3, -0.25) is 0 Å². The fourth-order valence-electron chi connectivity index (χ4n) is 8.41. The third kappa shape index (κ3) is 3.98. The van der Waals surface area contributed by atoms with Gasteiger partial charge in [-0.2, -0.15) is 0 Å². The number of nitrogens with zero attached hydrogens (tertiary/aromatic N) is 1. The molecular weight excluding hydrogens is 611 g/mol. The van der Waals surface area contributed by atoms with Crippen LogP contribution in [0.4, 0.5) is 11.4 Å². The first-order valence-corrected chi connectivity index (χ1v) is 17.2. The van der Waals surface area contributed by atoms with Crippen LogP contribution in [0.15, 0.2) is 169 Å². The number of ether oxygens (including phenoxy) is 2. The molecule has 7 aromatic rings. The third-order valence-electron chi connectivity index (χ3n) is 10.7. The SMILES string of the molecule is C/C=C(\C)N(c1ccc(-c2ccccc2)cc1)c1ccc2c(c1)Oc1cc3c(cc1O2)-c1ccccc1C31c2ccccc2-c2ccccc21. The van der Waals surface area contributed by atoms with E-state index in [0.29, 0.717) is 11.5 Å². The van der Waals surface area contributed by atoms with Crippen LogP contribution in [-0.2, 0) is 5.41 Å². The van der Waals surface area contributed by atoms with Crippen molar-refractivity contribution in [2.75, 3.05) is 4.90 Å². The predicted molar refractivity (Wildman–Crippen MR) is 203 cm³/mol. The maximum atomic E-state index is 6.83. The Morgan fingerprint density at radius 1 is 0.460 bits per heavy atom. The summed E-state index contributed by atoms with van der Waals surface area (Å²) in [6.45, 7) is 4.21. The Labute approximate surface area is 292 Å². The van der Waals surface area contributed by atoms with Crippen LogP contribution >= 0.6 is 0 Å². The quantitative estimate of drug-likeness (QED) is 0.190. The van der Waals surface area contributed by atoms with Crippen LogP contribution < -0.4 is 14.4 Å². The van der Waals surface area contributed by atoms with Crippen molar-refractivity contribution in [3.63, 3.8) is 0 Å². The van der Waals surface area contributed by atoms with Gasteiger partial charge < -0.3 is 14.4 Å². The van der Waals surface area contributed by atoms with Gasteiger partial charge in [0.2, 0.25) is 0 Å². The van der Waals surface area contributed by atoms with Gasteiger partial charge >= 0.3 is 0 Å². The van der Waals surface area contributed by atoms with E-state index in [1.54, 1.807) is 0 Å². The van der Waals surface area contributed by atoms with Gasteiger partial charge in [-0.15, -0.1) is 0 Å². The minimum absolute atomic E-state index is 0.439. The zero-order chi connectivity index (χ0) is 33.4. The van der Waals surface area contributed by atoms with Gasteiger partial charge in [-0.25, -0.2) is 0 Å². The number of hydrogen-bond acceptors (Lipinski definition) is 3. The number of fused-ring (bicyclic) bond motifs is 12. The molecule has 1 spiro atoms. The molecule has 0 atom stereocenters. The molecule has 2 aliphatic carbocycles. The molecule has 238 valence electrons. The average Bonchev–Trinajstić information content (AvgIpc) is 3.63. The monoisotopic (exact) mass is 643 g/mol. The van der Waals surface area contributed by atoms with E-state index in [0.717, 1.165) is 28.6 Å². The van der Waals surface area contributed by atoms with Crippen LogP contribution in [0.3, 0.4) is 0 Å². The molecule has 0 radical (unpaired) electrons. The summed E-state index contributed by atoms with van der Waals surface area (Å²) >= 11 is 0. The second-order valence-corrected chi connectivity index (χ2v) is 13.2. The van der Waals surface area contributed by atoms with E-state index in [1.807, 2.05) is 12.1 Å². The molecule has 10 rings (SSSR count). The van der Waals surface area contributed by atoms with Crippen molar-refractivity contribution in [3.8, 4) is 56.4 Å². The predicted octanol–water partition coefficient (Wildman–Crippen LogP) is 12.7. The summed E-state index contributed by atoms with van der Waals surface area (Å²) in [4.78, 5) is 2.26. The zero-order valence-electron chi connectivity index (χ0n) is 27.9. The van der Waals surface area contributed by atoms with Crippen molar-refractivity contribution in [3.05, 3.63) is 192 Å². The topological polar surface area (TPSA) is 21.7 Å². The first-order chi connectivity index (χ1) is 24.6. The molecule has 50 heavy (non-hydrogen) atoms. The lowest BCUT2D eigenvalue weighted by Crippen LogP contribution is -2.25. The van der Waals surface area contributed by atoms with E-state index < -0.39 is 5.41 Å². The molecule has 0 unspecified atom stereocenters. The van der Waals surface area contributed by atoms with E-state index in [1.165, 1.54) is 55.6 Å². The van der Waals surface area contributed by atoms with Gasteiger partial charge in [0.05, 0.1) is 5.41 Å². The second kappa shape index (κ2) is 10.8. The van der Waals surface area contributed by atoms with Gasteiger partial charge in [0.25, 0.3) is 0 Å². The lowest BCUT2D eigenvalue weighted by atomic mass is 9.70. The summed E-state index contributed by atoms with van der Waals surface area (Å²) in [5, 5.41) is 0. The first kappa shape index (κ1) is 28.7. The second-order valence-electron chi connectivity index (χ2n) is 13.2. The van der Waals surface area contributed by atoms with Gasteiger partial charge in [0.15, 0.2) is 23.0 Å². The van der Waals surface area contributed by atoms with Crippen molar-refractivity contribution in [2.24, 2.45) is 0 Å². The number of rotatable bonds is 4. The van der Waals surface area contributed by atoms with E-state index in [-0.39, 0.29) is 0 Å². The maximum absolute atomic E-state index is 6.83. The molecule has 0 N–H and O–H groups in total. The molecule has 0 bridgehead atoms. The molecule has 0 saturated heterocycles. The minimum Gasteiger partial charge on any atom is -0.449 e. The van der Waals surface area contributed by atoms with E-state index >= 15 is 0 Å². The standard InChI is InChI=1S/C47H33NO2/c1-3-30(2)48(33-23-21-32(22-24-33)31-13-5-4-6-14-31)34-25-26-43-44(27-34)50-46-29-42-38(28-45(46)49-43)37-17-9-12-20-41(37)47(42)39-18-10-7-15-35(39)36-16-8-11-19-40(36)47/h3-29H,1-2H3/b30-3+. The van der Waals surface area contributed by atoms with Crippen molar-refractivity contribution in [2.45, 2.75) is 19.3 Å². The molecule has 0 saturated carbocycles. The average molecular weight is 644 g/mol. The molecule has 3 aliphatic rings. The van der Waals surface area contributed by atoms with Crippen LogP contribution in [0.1, 0.15) is 36.1 Å². The molecule has 7 aromatic carbocycles. The molecule has 0 fully saturated rings. The number of hydrogen-bond donors (Lipinski definition) is 0. The Balaban J connectivity index is 1.08. The molecule has 1 aliphatic heterocycles. The van der Waals surface area contributed by atoms with Crippen LogP contribution in [0.2, 0.25) is 0 Å². The summed E-state index contributed by atoms with van der Waals surface area (Å²) < 4.78 is 13.5. The van der Waals surface area contributed by atoms with Gasteiger partial charge in [-0.05, 0) is 106 Å². The van der Waals surface area contributed by atoms with Crippen LogP contribution in [-0.4, -0.2) is 0 Å². The maximum Gasteiger partial charge on any atom is 0.172 e. The molecule has 0 amide bonds. The van der Waals surface area contributed by atoms with Crippen LogP contribution in [0.25, 0.3) is 33.4 Å². The smallest absolute Gasteiger partial charge is 0.172 e. The third-order valence-corrected chi connectivity index (χ3v) is 10.7. The first-order valence-electron chi connectivity index (χ1n) is 17.2. The highest BCUT2D eigenvalue weighted by Gasteiger charge is 2.52. The summed E-state index contributed by atoms with van der Waals surface area (Å²) in [5.41, 5.74) is 15.3. The van der Waals surface area contributed by atoms with Gasteiger partial charge in [0, 0.05) is 23.1 Å². The molecule has 3 nitrogen and oxygen atoms in total. The number of anilines is 2. The van der Waals surface area contributed by atoms with Gasteiger partial charge in [-0.1, -0.05) is 121 Å². The highest BCUT2D eigenvalue weighted by atomic mass is 16.6. The summed E-state index contributed by atoms with van der Waals surface area (Å²) in [7, 11) is 0. The Hall–Kier alpha value is -6.32. The van der Waals surface area contributed by atoms with Crippen LogP contribution in [0, 0.1) is 0 Å². The van der Waals surface area contributed by atoms with E-state index in [9.17, 15) is 0 Å². The van der Waals surface area contributed by atoms with Crippen LogP contribution in [0.5, 0.6) is 23.0 Å². The highest BCUT2D eigenvalue weighted by Crippen LogP contribution is 2.64. The Morgan fingerprint density at radius 3 is 1.60 bits per heavy atom. The van der Waals surface area contributed by atoms with Crippen molar-refractivity contribution >= 4 is 11.4 Å². The highest BCUT2D eigenvalue weighted by molar-refractivity contribution is 5.96. The van der Waals surface area contributed by atoms with Gasteiger partial charge in [0.1, 0.15) is 0 Å². The fraction of sp³-hybridized carbons (Fsp3) is 0.0638. The fourth-order valence-corrected chi connectivity index (χ4v) is 8.41. The zero-order valence-corrected chi connectivity index (χ0v) is 27.9. The summed E-state index contributed by atoms with van der Waals surface area (Å²) in [5.74, 6) is 2.86. The summed E-state index contributed by atoms with van der Waals surface area (Å²) in [6.07, 6.45) is 2.13. The summed E-state index contributed by atoms with van der Waals surface area (Å²) in [6, 6.07) is 56.4. The lowest BCUT2D eigenvalue weighted by Gasteiger charge is -2.31. The Kier molecular flexibility index (Phi) is 6.22. The van der Waals surface area contributed by atoms with Crippen molar-refractivity contribution in [1.82, 2.24) is 0 Å². The van der Waals surface area contributed by atoms with Crippen molar-refractivity contribution < 1.29 is 9.47 Å². The largest absolute Gasteiger partial charge is 0.449 e. The van der Waals surface area contributed by atoms with Crippen molar-refractivity contribution in [1.29, 1.82) is 0 Å². The molecule has 3 heteroatoms.